The number of aromatic nitrogens is 2. The van der Waals surface area contributed by atoms with Gasteiger partial charge in [0.15, 0.2) is 5.82 Å². The first-order valence-electron chi connectivity index (χ1n) is 4.86. The van der Waals surface area contributed by atoms with Crippen molar-refractivity contribution in [2.75, 3.05) is 11.1 Å². The lowest BCUT2D eigenvalue weighted by molar-refractivity contribution is 0.771. The van der Waals surface area contributed by atoms with E-state index < -0.39 is 0 Å². The minimum Gasteiger partial charge on any atom is -0.394 e. The number of halogens is 1. The molecule has 0 aliphatic carbocycles. The smallest absolute Gasteiger partial charge is 0.175 e. The van der Waals surface area contributed by atoms with Crippen LogP contribution in [0.1, 0.15) is 5.56 Å². The largest absolute Gasteiger partial charge is 0.394 e. The van der Waals surface area contributed by atoms with E-state index >= 15 is 0 Å². The summed E-state index contributed by atoms with van der Waals surface area (Å²) in [5, 5.41) is 16.3. The summed E-state index contributed by atoms with van der Waals surface area (Å²) in [5.74, 6) is 0.541. The van der Waals surface area contributed by atoms with Gasteiger partial charge in [-0.3, -0.25) is 4.68 Å². The number of nitriles is 1. The first-order valence-corrected chi connectivity index (χ1v) is 5.23. The summed E-state index contributed by atoms with van der Waals surface area (Å²) in [6, 6.07) is 7.00. The monoisotopic (exact) mass is 247 g/mol. The van der Waals surface area contributed by atoms with Gasteiger partial charge in [0.2, 0.25) is 0 Å². The Morgan fingerprint density at radius 2 is 2.29 bits per heavy atom. The van der Waals surface area contributed by atoms with Crippen LogP contribution in [0.25, 0.3) is 0 Å². The molecule has 0 radical (unpaired) electrons. The van der Waals surface area contributed by atoms with E-state index in [2.05, 4.69) is 10.4 Å². The molecule has 0 aliphatic heterocycles. The number of nitrogens with two attached hydrogens (primary N) is 1. The van der Waals surface area contributed by atoms with Crippen molar-refractivity contribution >= 4 is 28.8 Å². The van der Waals surface area contributed by atoms with Crippen LogP contribution in [-0.4, -0.2) is 9.78 Å². The average molecular weight is 248 g/mol. The van der Waals surface area contributed by atoms with Gasteiger partial charge in [-0.25, -0.2) is 0 Å². The number of aryl methyl sites for hydroxylation is 1. The SMILES string of the molecule is Cn1cc(N)c(Nc2ccc(C#N)cc2Cl)n1. The van der Waals surface area contributed by atoms with Gasteiger partial charge in [0.05, 0.1) is 28.0 Å². The third-order valence-corrected chi connectivity index (χ3v) is 2.52. The molecule has 0 fully saturated rings. The van der Waals surface area contributed by atoms with E-state index in [4.69, 9.17) is 22.6 Å². The van der Waals surface area contributed by atoms with Crippen LogP contribution < -0.4 is 11.1 Å². The van der Waals surface area contributed by atoms with Crippen LogP contribution in [0.3, 0.4) is 0 Å². The van der Waals surface area contributed by atoms with Crippen molar-refractivity contribution in [2.45, 2.75) is 0 Å². The Bertz CT molecular complexity index is 596. The van der Waals surface area contributed by atoms with Gasteiger partial charge in [0.25, 0.3) is 0 Å². The zero-order valence-electron chi connectivity index (χ0n) is 9.11. The summed E-state index contributed by atoms with van der Waals surface area (Å²) in [6.07, 6.45) is 1.69. The Kier molecular flexibility index (Phi) is 2.90. The van der Waals surface area contributed by atoms with Crippen LogP contribution in [0.5, 0.6) is 0 Å². The number of nitrogen functional groups attached to an aromatic ring is 1. The molecule has 0 bridgehead atoms. The highest BCUT2D eigenvalue weighted by Crippen LogP contribution is 2.27. The predicted molar refractivity (Wildman–Crippen MR) is 67.1 cm³/mol. The van der Waals surface area contributed by atoms with Crippen LogP contribution in [0.4, 0.5) is 17.2 Å². The zero-order valence-corrected chi connectivity index (χ0v) is 9.86. The molecule has 2 aromatic rings. The summed E-state index contributed by atoms with van der Waals surface area (Å²) in [7, 11) is 1.78. The molecule has 0 saturated heterocycles. The summed E-state index contributed by atoms with van der Waals surface area (Å²) in [6.45, 7) is 0. The molecular formula is C11H10ClN5. The minimum atomic E-state index is 0.453. The number of hydrogen-bond acceptors (Lipinski definition) is 4. The van der Waals surface area contributed by atoms with Gasteiger partial charge in [-0.05, 0) is 18.2 Å². The molecule has 0 unspecified atom stereocenters. The maximum absolute atomic E-state index is 8.73. The molecule has 1 heterocycles. The lowest BCUT2D eigenvalue weighted by Crippen LogP contribution is -1.96. The van der Waals surface area contributed by atoms with Gasteiger partial charge in [-0.1, -0.05) is 11.6 Å². The molecule has 6 heteroatoms. The minimum absolute atomic E-state index is 0.453. The van der Waals surface area contributed by atoms with Crippen LogP contribution in [-0.2, 0) is 7.05 Å². The number of anilines is 3. The molecule has 0 atom stereocenters. The molecular weight excluding hydrogens is 238 g/mol. The molecule has 2 rings (SSSR count). The van der Waals surface area contributed by atoms with Crippen LogP contribution in [0.15, 0.2) is 24.4 Å². The first-order chi connectivity index (χ1) is 8.10. The Balaban J connectivity index is 2.31. The van der Waals surface area contributed by atoms with E-state index in [9.17, 15) is 0 Å². The number of hydrogen-bond donors (Lipinski definition) is 2. The fraction of sp³-hybridized carbons (Fsp3) is 0.0909. The Morgan fingerprint density at radius 1 is 1.53 bits per heavy atom. The fourth-order valence-corrected chi connectivity index (χ4v) is 1.65. The highest BCUT2D eigenvalue weighted by atomic mass is 35.5. The van der Waals surface area contributed by atoms with Gasteiger partial charge in [-0.2, -0.15) is 10.4 Å². The van der Waals surface area contributed by atoms with Crippen molar-refractivity contribution in [2.24, 2.45) is 7.05 Å². The third-order valence-electron chi connectivity index (χ3n) is 2.21. The number of nitrogens with zero attached hydrogens (tertiary/aromatic N) is 3. The predicted octanol–water partition coefficient (Wildman–Crippen LogP) is 2.27. The maximum Gasteiger partial charge on any atom is 0.175 e. The summed E-state index contributed by atoms with van der Waals surface area (Å²) < 4.78 is 1.61. The van der Waals surface area contributed by atoms with Gasteiger partial charge >= 0.3 is 0 Å². The first kappa shape index (κ1) is 11.3. The molecule has 0 spiro atoms. The number of benzene rings is 1. The topological polar surface area (TPSA) is 79.7 Å². The van der Waals surface area contributed by atoms with Gasteiger partial charge in [0, 0.05) is 13.2 Å². The number of nitrogens with one attached hydrogen (secondary N) is 1. The highest BCUT2D eigenvalue weighted by Gasteiger charge is 2.07. The summed E-state index contributed by atoms with van der Waals surface area (Å²) >= 11 is 6.03. The highest BCUT2D eigenvalue weighted by molar-refractivity contribution is 6.33. The van der Waals surface area contributed by atoms with Crippen molar-refractivity contribution in [3.05, 3.63) is 35.0 Å². The average Bonchev–Trinajstić information content (AvgIpc) is 2.60. The second-order valence-electron chi connectivity index (χ2n) is 3.54. The second-order valence-corrected chi connectivity index (χ2v) is 3.95. The molecule has 3 N–H and O–H groups in total. The molecule has 1 aromatic carbocycles. The van der Waals surface area contributed by atoms with Crippen molar-refractivity contribution in [1.82, 2.24) is 9.78 Å². The molecule has 17 heavy (non-hydrogen) atoms. The molecule has 0 aliphatic rings. The van der Waals surface area contributed by atoms with Crippen molar-refractivity contribution in [3.8, 4) is 6.07 Å². The normalized spacial score (nSPS) is 9.94. The summed E-state index contributed by atoms with van der Waals surface area (Å²) in [5.41, 5.74) is 7.46. The van der Waals surface area contributed by atoms with E-state index in [1.54, 1.807) is 36.1 Å². The Labute approximate surface area is 103 Å². The van der Waals surface area contributed by atoms with Crippen LogP contribution in [0, 0.1) is 11.3 Å². The maximum atomic E-state index is 8.73. The molecule has 0 amide bonds. The van der Waals surface area contributed by atoms with Gasteiger partial charge in [-0.15, -0.1) is 0 Å². The molecule has 0 saturated carbocycles. The van der Waals surface area contributed by atoms with Crippen molar-refractivity contribution in [1.29, 1.82) is 5.26 Å². The molecule has 86 valence electrons. The van der Waals surface area contributed by atoms with E-state index in [1.165, 1.54) is 0 Å². The van der Waals surface area contributed by atoms with Crippen molar-refractivity contribution in [3.63, 3.8) is 0 Å². The van der Waals surface area contributed by atoms with E-state index in [1.807, 2.05) is 6.07 Å². The Morgan fingerprint density at radius 3 is 2.82 bits per heavy atom. The lowest BCUT2D eigenvalue weighted by atomic mass is 10.2. The van der Waals surface area contributed by atoms with Crippen molar-refractivity contribution < 1.29 is 0 Å². The molecule has 5 nitrogen and oxygen atoms in total. The van der Waals surface area contributed by atoms with Crippen LogP contribution in [0.2, 0.25) is 5.02 Å². The van der Waals surface area contributed by atoms with E-state index in [0.717, 1.165) is 0 Å². The zero-order chi connectivity index (χ0) is 12.4. The van der Waals surface area contributed by atoms with Gasteiger partial charge < -0.3 is 11.1 Å². The Hall–Kier alpha value is -2.19. The summed E-state index contributed by atoms with van der Waals surface area (Å²) in [4.78, 5) is 0. The lowest BCUT2D eigenvalue weighted by Gasteiger charge is -2.06. The second kappa shape index (κ2) is 4.36. The quantitative estimate of drug-likeness (QED) is 0.853. The van der Waals surface area contributed by atoms with E-state index in [0.29, 0.717) is 27.8 Å². The van der Waals surface area contributed by atoms with E-state index in [-0.39, 0.29) is 0 Å². The van der Waals surface area contributed by atoms with Crippen LogP contribution >= 0.6 is 11.6 Å². The van der Waals surface area contributed by atoms with Gasteiger partial charge in [0.1, 0.15) is 0 Å². The molecule has 1 aromatic heterocycles. The standard InChI is InChI=1S/C11H10ClN5/c1-17-6-9(14)11(16-17)15-10-3-2-7(5-13)4-8(10)12/h2-4,6H,14H2,1H3,(H,15,16). The third kappa shape index (κ3) is 2.32. The number of rotatable bonds is 2. The fourth-order valence-electron chi connectivity index (χ4n) is 1.42.